The third kappa shape index (κ3) is 3.37. The number of aromatic nitrogens is 2. The van der Waals surface area contributed by atoms with Crippen molar-refractivity contribution >= 4 is 5.97 Å². The molecule has 8 nitrogen and oxygen atoms in total. The van der Waals surface area contributed by atoms with Crippen LogP contribution in [0.3, 0.4) is 0 Å². The van der Waals surface area contributed by atoms with E-state index in [0.29, 0.717) is 17.1 Å². The highest BCUT2D eigenvalue weighted by molar-refractivity contribution is 5.89. The lowest BCUT2D eigenvalue weighted by Crippen LogP contribution is -2.20. The minimum Gasteiger partial charge on any atom is -0.492 e. The molecule has 3 rings (SSSR count). The number of carbonyl (C=O) groups excluding carboxylic acids is 1. The Morgan fingerprint density at radius 3 is 2.71 bits per heavy atom. The molecule has 0 aliphatic rings. The van der Waals surface area contributed by atoms with E-state index in [1.807, 2.05) is 0 Å². The lowest BCUT2D eigenvalue weighted by Gasteiger charge is -2.06. The topological polar surface area (TPSA) is 96.7 Å². The third-order valence-electron chi connectivity index (χ3n) is 3.19. The second-order valence-electron chi connectivity index (χ2n) is 4.74. The van der Waals surface area contributed by atoms with Gasteiger partial charge < -0.3 is 18.3 Å². The minimum absolute atomic E-state index is 0.118. The molecule has 1 aromatic carbocycles. The zero-order valence-corrected chi connectivity index (χ0v) is 12.8. The zero-order valence-electron chi connectivity index (χ0n) is 12.8. The zero-order chi connectivity index (χ0) is 16.9. The largest absolute Gasteiger partial charge is 0.492 e. The normalized spacial score (nSPS) is 10.5. The summed E-state index contributed by atoms with van der Waals surface area (Å²) in [6.07, 6.45) is 1.47. The number of methoxy groups -OCH3 is 1. The molecular formula is C16H14N2O6. The first kappa shape index (κ1) is 15.6. The van der Waals surface area contributed by atoms with Crippen LogP contribution in [0.25, 0.3) is 11.7 Å². The molecule has 0 aliphatic heterocycles. The maximum Gasteiger partial charge on any atom is 0.437 e. The van der Waals surface area contributed by atoms with Crippen molar-refractivity contribution in [1.29, 1.82) is 0 Å². The molecule has 0 atom stereocenters. The van der Waals surface area contributed by atoms with Crippen molar-refractivity contribution in [3.05, 3.63) is 58.8 Å². The SMILES string of the molecule is COC(=O)c1ccc(OCCn2nc(-c3ccco3)oc2=O)cc1. The van der Waals surface area contributed by atoms with Gasteiger partial charge in [0, 0.05) is 0 Å². The number of hydrogen-bond donors (Lipinski definition) is 0. The summed E-state index contributed by atoms with van der Waals surface area (Å²) in [4.78, 5) is 23.0. The Bertz CT molecular complexity index is 861. The Morgan fingerprint density at radius 2 is 2.04 bits per heavy atom. The van der Waals surface area contributed by atoms with Gasteiger partial charge in [0.1, 0.15) is 12.4 Å². The van der Waals surface area contributed by atoms with Crippen LogP contribution < -0.4 is 10.5 Å². The molecule has 0 fully saturated rings. The lowest BCUT2D eigenvalue weighted by molar-refractivity contribution is 0.0600. The molecule has 2 heterocycles. The molecule has 0 bridgehead atoms. The van der Waals surface area contributed by atoms with Gasteiger partial charge in [-0.3, -0.25) is 0 Å². The molecule has 0 amide bonds. The van der Waals surface area contributed by atoms with Crippen molar-refractivity contribution in [2.24, 2.45) is 0 Å². The van der Waals surface area contributed by atoms with Crippen molar-refractivity contribution in [1.82, 2.24) is 9.78 Å². The van der Waals surface area contributed by atoms with Gasteiger partial charge in [-0.15, -0.1) is 5.10 Å². The molecule has 0 radical (unpaired) electrons. The molecule has 0 saturated carbocycles. The summed E-state index contributed by atoms with van der Waals surface area (Å²) in [6, 6.07) is 9.81. The summed E-state index contributed by atoms with van der Waals surface area (Å²) in [5, 5.41) is 4.03. The monoisotopic (exact) mass is 330 g/mol. The van der Waals surface area contributed by atoms with Gasteiger partial charge in [-0.1, -0.05) is 0 Å². The number of ether oxygens (including phenoxy) is 2. The standard InChI is InChI=1S/C16H14N2O6/c1-21-15(19)11-4-6-12(7-5-11)22-10-8-18-16(20)24-14(17-18)13-3-2-9-23-13/h2-7,9H,8,10H2,1H3. The number of nitrogens with zero attached hydrogens (tertiary/aromatic N) is 2. The van der Waals surface area contributed by atoms with Crippen LogP contribution in [0.1, 0.15) is 10.4 Å². The van der Waals surface area contributed by atoms with Gasteiger partial charge in [0.2, 0.25) is 0 Å². The first-order valence-corrected chi connectivity index (χ1v) is 7.10. The maximum absolute atomic E-state index is 11.7. The van der Waals surface area contributed by atoms with Crippen molar-refractivity contribution in [2.75, 3.05) is 13.7 Å². The van der Waals surface area contributed by atoms with E-state index in [-0.39, 0.29) is 19.0 Å². The second-order valence-corrected chi connectivity index (χ2v) is 4.74. The first-order valence-electron chi connectivity index (χ1n) is 7.10. The Balaban J connectivity index is 1.59. The van der Waals surface area contributed by atoms with E-state index in [0.717, 1.165) is 4.68 Å². The van der Waals surface area contributed by atoms with Gasteiger partial charge in [-0.25, -0.2) is 9.59 Å². The molecule has 0 saturated heterocycles. The minimum atomic E-state index is -0.592. The summed E-state index contributed by atoms with van der Waals surface area (Å²) in [6.45, 7) is 0.420. The van der Waals surface area contributed by atoms with E-state index in [1.54, 1.807) is 36.4 Å². The Morgan fingerprint density at radius 1 is 1.25 bits per heavy atom. The molecule has 8 heteroatoms. The van der Waals surface area contributed by atoms with Crippen LogP contribution in [0.4, 0.5) is 0 Å². The number of furan rings is 1. The molecule has 0 unspecified atom stereocenters. The average molecular weight is 330 g/mol. The van der Waals surface area contributed by atoms with Crippen molar-refractivity contribution < 1.29 is 23.1 Å². The summed E-state index contributed by atoms with van der Waals surface area (Å²) in [5.41, 5.74) is 0.431. The highest BCUT2D eigenvalue weighted by atomic mass is 16.5. The van der Waals surface area contributed by atoms with Gasteiger partial charge in [0.15, 0.2) is 5.76 Å². The first-order chi connectivity index (χ1) is 11.7. The third-order valence-corrected chi connectivity index (χ3v) is 3.19. The van der Waals surface area contributed by atoms with Crippen LogP contribution in [-0.4, -0.2) is 29.5 Å². The lowest BCUT2D eigenvalue weighted by atomic mass is 10.2. The van der Waals surface area contributed by atoms with E-state index in [4.69, 9.17) is 13.6 Å². The molecule has 0 spiro atoms. The maximum atomic E-state index is 11.7. The molecular weight excluding hydrogens is 316 g/mol. The Kier molecular flexibility index (Phi) is 4.46. The molecule has 3 aromatic rings. The predicted molar refractivity (Wildman–Crippen MR) is 81.7 cm³/mol. The molecule has 124 valence electrons. The van der Waals surface area contributed by atoms with E-state index in [1.165, 1.54) is 13.4 Å². The molecule has 0 N–H and O–H groups in total. The van der Waals surface area contributed by atoms with Gasteiger partial charge in [-0.05, 0) is 36.4 Å². The molecule has 2 aromatic heterocycles. The van der Waals surface area contributed by atoms with E-state index >= 15 is 0 Å². The number of hydrogen-bond acceptors (Lipinski definition) is 7. The van der Waals surface area contributed by atoms with Crippen LogP contribution in [0.2, 0.25) is 0 Å². The summed E-state index contributed by atoms with van der Waals surface area (Å²) < 4.78 is 21.4. The van der Waals surface area contributed by atoms with Crippen LogP contribution in [0, 0.1) is 0 Å². The van der Waals surface area contributed by atoms with Crippen LogP contribution in [-0.2, 0) is 11.3 Å². The molecule has 24 heavy (non-hydrogen) atoms. The van der Waals surface area contributed by atoms with Gasteiger partial charge in [0.05, 0.1) is 25.5 Å². The second kappa shape index (κ2) is 6.86. The quantitative estimate of drug-likeness (QED) is 0.637. The van der Waals surface area contributed by atoms with Crippen LogP contribution in [0.5, 0.6) is 5.75 Å². The fourth-order valence-corrected chi connectivity index (χ4v) is 2.00. The average Bonchev–Trinajstić information content (AvgIpc) is 3.25. The van der Waals surface area contributed by atoms with Crippen molar-refractivity contribution in [3.63, 3.8) is 0 Å². The predicted octanol–water partition coefficient (Wildman–Crippen LogP) is 1.96. The van der Waals surface area contributed by atoms with Gasteiger partial charge >= 0.3 is 11.7 Å². The smallest absolute Gasteiger partial charge is 0.437 e. The number of benzene rings is 1. The highest BCUT2D eigenvalue weighted by Crippen LogP contribution is 2.15. The summed E-state index contributed by atoms with van der Waals surface area (Å²) in [5.74, 6) is 0.0512. The fraction of sp³-hybridized carbons (Fsp3) is 0.188. The Hall–Kier alpha value is -3.29. The summed E-state index contributed by atoms with van der Waals surface area (Å²) in [7, 11) is 1.32. The highest BCUT2D eigenvalue weighted by Gasteiger charge is 2.12. The van der Waals surface area contributed by atoms with E-state index < -0.39 is 11.7 Å². The van der Waals surface area contributed by atoms with Crippen LogP contribution >= 0.6 is 0 Å². The molecule has 0 aliphatic carbocycles. The summed E-state index contributed by atoms with van der Waals surface area (Å²) >= 11 is 0. The van der Waals surface area contributed by atoms with Gasteiger partial charge in [-0.2, -0.15) is 4.68 Å². The van der Waals surface area contributed by atoms with Crippen molar-refractivity contribution in [2.45, 2.75) is 6.54 Å². The van der Waals surface area contributed by atoms with E-state index in [9.17, 15) is 9.59 Å². The number of rotatable bonds is 6. The van der Waals surface area contributed by atoms with Crippen LogP contribution in [0.15, 0.2) is 56.3 Å². The van der Waals surface area contributed by atoms with Crippen molar-refractivity contribution in [3.8, 4) is 17.4 Å². The number of carbonyl (C=O) groups is 1. The number of esters is 1. The Labute approximate surface area is 136 Å². The van der Waals surface area contributed by atoms with Gasteiger partial charge in [0.25, 0.3) is 5.89 Å². The van der Waals surface area contributed by atoms with E-state index in [2.05, 4.69) is 9.84 Å². The fourth-order valence-electron chi connectivity index (χ4n) is 2.00.